The molecule has 0 bridgehead atoms. The van der Waals surface area contributed by atoms with E-state index in [9.17, 15) is 9.90 Å². The van der Waals surface area contributed by atoms with Crippen LogP contribution in [0.5, 0.6) is 0 Å². The zero-order valence-corrected chi connectivity index (χ0v) is 24.6. The minimum absolute atomic E-state index is 0. The van der Waals surface area contributed by atoms with Gasteiger partial charge < -0.3 is 5.11 Å². The van der Waals surface area contributed by atoms with E-state index in [1.807, 2.05) is 47.6 Å². The fourth-order valence-corrected chi connectivity index (χ4v) is 3.32. The van der Waals surface area contributed by atoms with Gasteiger partial charge in [-0.1, -0.05) is 73.6 Å². The van der Waals surface area contributed by atoms with Crippen molar-refractivity contribution in [2.45, 2.75) is 69.2 Å². The van der Waals surface area contributed by atoms with E-state index in [1.165, 1.54) is 33.7 Å². The molecule has 1 heterocycles. The molecule has 0 saturated carbocycles. The number of allylic oxidation sites excluding steroid dienone is 2. The predicted molar refractivity (Wildman–Crippen MR) is 140 cm³/mol. The SMILES string of the molecule is CC(C)(C)C(=O)/C=C(\O)C(C)(C)C.Cc1c[c-]c(-c2ccc3c(C)cc(C)cc3n2)c(C)c1.[Ir]. The number of carbonyl (C=O) groups excluding carboxylic acids is 1. The molecule has 0 atom stereocenters. The molecule has 34 heavy (non-hydrogen) atoms. The Balaban J connectivity index is 0.000000364. The zero-order valence-electron chi connectivity index (χ0n) is 22.2. The first-order chi connectivity index (χ1) is 15.1. The second-order valence-corrected chi connectivity index (χ2v) is 11.0. The summed E-state index contributed by atoms with van der Waals surface area (Å²) in [6, 6.07) is 16.2. The van der Waals surface area contributed by atoms with Gasteiger partial charge in [0, 0.05) is 42.4 Å². The second kappa shape index (κ2) is 11.4. The van der Waals surface area contributed by atoms with Crippen LogP contribution >= 0.6 is 0 Å². The van der Waals surface area contributed by atoms with E-state index >= 15 is 0 Å². The van der Waals surface area contributed by atoms with Crippen molar-refractivity contribution in [3.05, 3.63) is 76.6 Å². The van der Waals surface area contributed by atoms with Crippen molar-refractivity contribution in [1.82, 2.24) is 4.98 Å². The molecule has 2 aromatic carbocycles. The number of ketones is 1. The van der Waals surface area contributed by atoms with Crippen LogP contribution in [0.25, 0.3) is 22.2 Å². The van der Waals surface area contributed by atoms with Crippen LogP contribution < -0.4 is 0 Å². The molecule has 0 spiro atoms. The van der Waals surface area contributed by atoms with Gasteiger partial charge in [0.15, 0.2) is 5.78 Å². The van der Waals surface area contributed by atoms with Gasteiger partial charge in [0.2, 0.25) is 0 Å². The molecule has 0 aliphatic heterocycles. The average molecular weight is 637 g/mol. The molecule has 0 aliphatic carbocycles. The average Bonchev–Trinajstić information content (AvgIpc) is 2.66. The topological polar surface area (TPSA) is 50.2 Å². The van der Waals surface area contributed by atoms with E-state index < -0.39 is 5.41 Å². The van der Waals surface area contributed by atoms with Gasteiger partial charge in [0.1, 0.15) is 5.76 Å². The third-order valence-corrected chi connectivity index (χ3v) is 5.47. The summed E-state index contributed by atoms with van der Waals surface area (Å²) in [6.07, 6.45) is 1.33. The van der Waals surface area contributed by atoms with Crippen molar-refractivity contribution >= 4 is 16.7 Å². The molecule has 3 aromatic rings. The van der Waals surface area contributed by atoms with Crippen molar-refractivity contribution in [2.24, 2.45) is 10.8 Å². The Morgan fingerprint density at radius 1 is 0.882 bits per heavy atom. The van der Waals surface area contributed by atoms with Crippen molar-refractivity contribution in [3.63, 3.8) is 0 Å². The Morgan fingerprint density at radius 3 is 2.00 bits per heavy atom. The molecular weight excluding hydrogens is 599 g/mol. The standard InChI is InChI=1S/C19H18N.C11H20O2.Ir/c1-12-5-6-16(14(3)9-12)18-8-7-17-15(4)10-13(2)11-19(17)20-18;1-10(2,3)8(12)7-9(13)11(4,5)6;/h5,7-11H,1-4H3;7,12H,1-6H3;/q-1;;/b;8-7-;. The molecular formula is C30H38IrNO2-. The smallest absolute Gasteiger partial charge is 0.164 e. The maximum atomic E-state index is 11.5. The predicted octanol–water partition coefficient (Wildman–Crippen LogP) is 8.02. The number of carbonyl (C=O) groups is 1. The quantitative estimate of drug-likeness (QED) is 0.176. The maximum Gasteiger partial charge on any atom is 0.164 e. The van der Waals surface area contributed by atoms with Crippen LogP contribution in [-0.4, -0.2) is 15.9 Å². The molecule has 0 unspecified atom stereocenters. The van der Waals surface area contributed by atoms with Crippen LogP contribution in [0.1, 0.15) is 63.8 Å². The molecule has 1 aromatic heterocycles. The minimum atomic E-state index is -0.417. The second-order valence-electron chi connectivity index (χ2n) is 11.0. The van der Waals surface area contributed by atoms with Crippen LogP contribution in [0.3, 0.4) is 0 Å². The minimum Gasteiger partial charge on any atom is -0.512 e. The van der Waals surface area contributed by atoms with Gasteiger partial charge in [-0.2, -0.15) is 0 Å². The summed E-state index contributed by atoms with van der Waals surface area (Å²) in [5, 5.41) is 10.8. The number of rotatable bonds is 2. The third-order valence-electron chi connectivity index (χ3n) is 5.47. The Hall–Kier alpha value is -2.29. The first-order valence-electron chi connectivity index (χ1n) is 11.4. The van der Waals surface area contributed by atoms with Gasteiger partial charge in [0.25, 0.3) is 0 Å². The van der Waals surface area contributed by atoms with E-state index in [1.54, 1.807) is 0 Å². The van der Waals surface area contributed by atoms with E-state index in [0.717, 1.165) is 16.8 Å². The van der Waals surface area contributed by atoms with E-state index in [-0.39, 0.29) is 37.1 Å². The molecule has 3 rings (SSSR count). The Labute approximate surface area is 219 Å². The Morgan fingerprint density at radius 2 is 1.47 bits per heavy atom. The van der Waals surface area contributed by atoms with E-state index in [4.69, 9.17) is 4.98 Å². The van der Waals surface area contributed by atoms with Gasteiger partial charge in [0.05, 0.1) is 5.52 Å². The molecule has 0 saturated heterocycles. The van der Waals surface area contributed by atoms with Crippen molar-refractivity contribution in [2.75, 3.05) is 0 Å². The van der Waals surface area contributed by atoms with Crippen molar-refractivity contribution < 1.29 is 30.0 Å². The summed E-state index contributed by atoms with van der Waals surface area (Å²) in [7, 11) is 0. The number of fused-ring (bicyclic) bond motifs is 1. The summed E-state index contributed by atoms with van der Waals surface area (Å²) in [6.45, 7) is 19.6. The largest absolute Gasteiger partial charge is 0.512 e. The molecule has 4 heteroatoms. The summed E-state index contributed by atoms with van der Waals surface area (Å²) in [4.78, 5) is 16.3. The van der Waals surface area contributed by atoms with Gasteiger partial charge in [-0.3, -0.25) is 9.78 Å². The number of aryl methyl sites for hydroxylation is 4. The fourth-order valence-electron chi connectivity index (χ4n) is 3.32. The normalized spacial score (nSPS) is 12.0. The number of benzene rings is 2. The van der Waals surface area contributed by atoms with Crippen molar-refractivity contribution in [3.8, 4) is 11.3 Å². The van der Waals surface area contributed by atoms with Crippen LogP contribution in [0.4, 0.5) is 0 Å². The number of hydrogen-bond donors (Lipinski definition) is 1. The monoisotopic (exact) mass is 637 g/mol. The maximum absolute atomic E-state index is 11.5. The first-order valence-corrected chi connectivity index (χ1v) is 11.4. The number of aromatic nitrogens is 1. The summed E-state index contributed by atoms with van der Waals surface area (Å²) in [5.41, 5.74) is 7.39. The molecule has 0 fully saturated rings. The summed E-state index contributed by atoms with van der Waals surface area (Å²) >= 11 is 0. The van der Waals surface area contributed by atoms with Gasteiger partial charge in [-0.15, -0.1) is 34.9 Å². The molecule has 0 amide bonds. The number of aliphatic hydroxyl groups is 1. The molecule has 1 N–H and O–H groups in total. The van der Waals surface area contributed by atoms with Crippen LogP contribution in [0.15, 0.2) is 48.2 Å². The molecule has 3 nitrogen and oxygen atoms in total. The first kappa shape index (κ1) is 29.7. The number of pyridine rings is 1. The van der Waals surface area contributed by atoms with Gasteiger partial charge in [-0.25, -0.2) is 0 Å². The number of hydrogen-bond acceptors (Lipinski definition) is 3. The molecule has 0 aliphatic rings. The third kappa shape index (κ3) is 7.89. The Bertz CT molecular complexity index is 1190. The molecule has 1 radical (unpaired) electrons. The fraction of sp³-hybridized carbons (Fsp3) is 0.400. The van der Waals surface area contributed by atoms with Crippen molar-refractivity contribution in [1.29, 1.82) is 0 Å². The Kier molecular flexibility index (Phi) is 9.99. The van der Waals surface area contributed by atoms with E-state index in [0.29, 0.717) is 0 Å². The van der Waals surface area contributed by atoms with Crippen LogP contribution in [-0.2, 0) is 24.9 Å². The van der Waals surface area contributed by atoms with Gasteiger partial charge >= 0.3 is 0 Å². The summed E-state index contributed by atoms with van der Waals surface area (Å²) in [5.74, 6) is 0.104. The zero-order chi connectivity index (χ0) is 25.1. The summed E-state index contributed by atoms with van der Waals surface area (Å²) < 4.78 is 0. The number of nitrogens with zero attached hydrogens (tertiary/aromatic N) is 1. The number of aliphatic hydroxyl groups excluding tert-OH is 1. The van der Waals surface area contributed by atoms with Gasteiger partial charge in [-0.05, 0) is 36.7 Å². The van der Waals surface area contributed by atoms with Crippen LogP contribution in [0, 0.1) is 44.6 Å². The van der Waals surface area contributed by atoms with E-state index in [2.05, 4.69) is 64.1 Å². The van der Waals surface area contributed by atoms with Crippen LogP contribution in [0.2, 0.25) is 0 Å². The molecule has 185 valence electrons.